The van der Waals surface area contributed by atoms with E-state index in [0.717, 1.165) is 11.5 Å². The normalized spacial score (nSPS) is 18.8. The number of aromatic nitrogens is 2. The molecule has 1 fully saturated rings. The first-order valence-electron chi connectivity index (χ1n) is 4.27. The zero-order valence-electron chi connectivity index (χ0n) is 7.46. The maximum atomic E-state index is 4.04. The van der Waals surface area contributed by atoms with Gasteiger partial charge in [-0.25, -0.2) is 0 Å². The minimum atomic E-state index is 0.296. The lowest BCUT2D eigenvalue weighted by molar-refractivity contribution is 0.809. The highest BCUT2D eigenvalue weighted by atomic mass is 15.2. The van der Waals surface area contributed by atoms with E-state index in [4.69, 9.17) is 0 Å². The van der Waals surface area contributed by atoms with Gasteiger partial charge < -0.3 is 5.32 Å². The molecule has 3 heteroatoms. The fourth-order valence-corrected chi connectivity index (χ4v) is 1.09. The van der Waals surface area contributed by atoms with Gasteiger partial charge in [0.2, 0.25) is 0 Å². The zero-order valence-corrected chi connectivity index (χ0v) is 7.46. The maximum Gasteiger partial charge on any atom is 0.149 e. The Morgan fingerprint density at radius 1 is 1.33 bits per heavy atom. The van der Waals surface area contributed by atoms with E-state index >= 15 is 0 Å². The van der Waals surface area contributed by atoms with Crippen molar-refractivity contribution in [2.45, 2.75) is 32.2 Å². The van der Waals surface area contributed by atoms with Crippen molar-refractivity contribution in [3.05, 3.63) is 17.8 Å². The highest BCUT2D eigenvalue weighted by Gasteiger charge is 2.37. The summed E-state index contributed by atoms with van der Waals surface area (Å²) in [5, 5.41) is 11.4. The minimum absolute atomic E-state index is 0.296. The van der Waals surface area contributed by atoms with Crippen LogP contribution in [-0.2, 0) is 0 Å². The van der Waals surface area contributed by atoms with Crippen LogP contribution in [0.5, 0.6) is 0 Å². The summed E-state index contributed by atoms with van der Waals surface area (Å²) in [5.41, 5.74) is 1.26. The maximum absolute atomic E-state index is 4.04. The summed E-state index contributed by atoms with van der Waals surface area (Å²) in [4.78, 5) is 0. The second-order valence-electron chi connectivity index (χ2n) is 3.75. The Balaban J connectivity index is 2.08. The Hall–Kier alpha value is -1.12. The summed E-state index contributed by atoms with van der Waals surface area (Å²) in [6.07, 6.45) is 2.48. The Morgan fingerprint density at radius 3 is 2.58 bits per heavy atom. The van der Waals surface area contributed by atoms with E-state index in [1.165, 1.54) is 12.8 Å². The number of rotatable bonds is 2. The molecule has 1 aromatic rings. The van der Waals surface area contributed by atoms with Crippen LogP contribution in [0.3, 0.4) is 0 Å². The van der Waals surface area contributed by atoms with Gasteiger partial charge in [-0.1, -0.05) is 0 Å². The molecule has 2 rings (SSSR count). The SMILES string of the molecule is Cc1ccc(NC2(C)CC2)nn1. The van der Waals surface area contributed by atoms with Crippen molar-refractivity contribution in [1.29, 1.82) is 0 Å². The molecular weight excluding hydrogens is 150 g/mol. The van der Waals surface area contributed by atoms with Gasteiger partial charge in [-0.15, -0.1) is 5.10 Å². The van der Waals surface area contributed by atoms with E-state index in [2.05, 4.69) is 22.4 Å². The summed E-state index contributed by atoms with van der Waals surface area (Å²) >= 11 is 0. The second-order valence-corrected chi connectivity index (χ2v) is 3.75. The topological polar surface area (TPSA) is 37.8 Å². The van der Waals surface area contributed by atoms with E-state index < -0.39 is 0 Å². The van der Waals surface area contributed by atoms with Crippen LogP contribution in [0.2, 0.25) is 0 Å². The largest absolute Gasteiger partial charge is 0.363 e. The molecule has 0 aliphatic heterocycles. The Kier molecular flexibility index (Phi) is 1.53. The van der Waals surface area contributed by atoms with Crippen LogP contribution in [0, 0.1) is 6.92 Å². The van der Waals surface area contributed by atoms with E-state index in [1.807, 2.05) is 19.1 Å². The number of aryl methyl sites for hydroxylation is 1. The molecule has 1 saturated carbocycles. The zero-order chi connectivity index (χ0) is 8.60. The van der Waals surface area contributed by atoms with E-state index in [0.29, 0.717) is 5.54 Å². The number of hydrogen-bond donors (Lipinski definition) is 1. The van der Waals surface area contributed by atoms with Crippen molar-refractivity contribution in [1.82, 2.24) is 10.2 Å². The molecule has 1 N–H and O–H groups in total. The smallest absolute Gasteiger partial charge is 0.149 e. The highest BCUT2D eigenvalue weighted by molar-refractivity contribution is 5.38. The summed E-state index contributed by atoms with van der Waals surface area (Å²) in [6, 6.07) is 3.95. The van der Waals surface area contributed by atoms with Crippen molar-refractivity contribution in [3.63, 3.8) is 0 Å². The first kappa shape index (κ1) is 7.53. The van der Waals surface area contributed by atoms with E-state index in [9.17, 15) is 0 Å². The molecule has 0 radical (unpaired) electrons. The van der Waals surface area contributed by atoms with Crippen LogP contribution < -0.4 is 5.32 Å². The molecule has 0 amide bonds. The Morgan fingerprint density at radius 2 is 2.08 bits per heavy atom. The van der Waals surface area contributed by atoms with Crippen molar-refractivity contribution < 1.29 is 0 Å². The molecule has 0 aromatic carbocycles. The lowest BCUT2D eigenvalue weighted by Crippen LogP contribution is -2.17. The number of nitrogens with one attached hydrogen (secondary N) is 1. The lowest BCUT2D eigenvalue weighted by Gasteiger charge is -2.10. The predicted octanol–water partition coefficient (Wildman–Crippen LogP) is 1.75. The first-order valence-corrected chi connectivity index (χ1v) is 4.27. The predicted molar refractivity (Wildman–Crippen MR) is 48.0 cm³/mol. The molecule has 3 nitrogen and oxygen atoms in total. The fraction of sp³-hybridized carbons (Fsp3) is 0.556. The van der Waals surface area contributed by atoms with Crippen LogP contribution in [-0.4, -0.2) is 15.7 Å². The Labute approximate surface area is 72.2 Å². The van der Waals surface area contributed by atoms with Crippen molar-refractivity contribution in [3.8, 4) is 0 Å². The molecule has 0 saturated heterocycles. The van der Waals surface area contributed by atoms with Crippen molar-refractivity contribution in [2.24, 2.45) is 0 Å². The van der Waals surface area contributed by atoms with E-state index in [-0.39, 0.29) is 0 Å². The quantitative estimate of drug-likeness (QED) is 0.721. The molecule has 1 aliphatic carbocycles. The third-order valence-electron chi connectivity index (χ3n) is 2.23. The minimum Gasteiger partial charge on any atom is -0.363 e. The van der Waals surface area contributed by atoms with Crippen LogP contribution in [0.4, 0.5) is 5.82 Å². The summed E-state index contributed by atoms with van der Waals surface area (Å²) in [7, 11) is 0. The van der Waals surface area contributed by atoms with Gasteiger partial charge in [0.25, 0.3) is 0 Å². The van der Waals surface area contributed by atoms with E-state index in [1.54, 1.807) is 0 Å². The molecule has 0 bridgehead atoms. The number of nitrogens with zero attached hydrogens (tertiary/aromatic N) is 2. The van der Waals surface area contributed by atoms with Crippen molar-refractivity contribution in [2.75, 3.05) is 5.32 Å². The van der Waals surface area contributed by atoms with Crippen molar-refractivity contribution >= 4 is 5.82 Å². The van der Waals surface area contributed by atoms with Gasteiger partial charge >= 0.3 is 0 Å². The van der Waals surface area contributed by atoms with Gasteiger partial charge in [-0.3, -0.25) is 0 Å². The molecular formula is C9H13N3. The molecule has 1 aromatic heterocycles. The molecule has 12 heavy (non-hydrogen) atoms. The third-order valence-corrected chi connectivity index (χ3v) is 2.23. The fourth-order valence-electron chi connectivity index (χ4n) is 1.09. The lowest BCUT2D eigenvalue weighted by atomic mass is 10.3. The average molecular weight is 163 g/mol. The number of anilines is 1. The monoisotopic (exact) mass is 163 g/mol. The molecule has 1 aliphatic rings. The second kappa shape index (κ2) is 2.44. The van der Waals surface area contributed by atoms with Crippen LogP contribution >= 0.6 is 0 Å². The number of hydrogen-bond acceptors (Lipinski definition) is 3. The molecule has 64 valence electrons. The van der Waals surface area contributed by atoms with Gasteiger partial charge in [0.05, 0.1) is 5.69 Å². The van der Waals surface area contributed by atoms with Gasteiger partial charge in [-0.2, -0.15) is 5.10 Å². The third kappa shape index (κ3) is 1.55. The van der Waals surface area contributed by atoms with Crippen LogP contribution in [0.25, 0.3) is 0 Å². The summed E-state index contributed by atoms with van der Waals surface area (Å²) in [6.45, 7) is 4.14. The van der Waals surface area contributed by atoms with Gasteiger partial charge in [0, 0.05) is 5.54 Å². The molecule has 0 spiro atoms. The average Bonchev–Trinajstić information content (AvgIpc) is 2.74. The standard InChI is InChI=1S/C9H13N3/c1-7-3-4-8(12-11-7)10-9(2)5-6-9/h3-4H,5-6H2,1-2H3,(H,10,12). The molecule has 1 heterocycles. The van der Waals surface area contributed by atoms with Crippen LogP contribution in [0.1, 0.15) is 25.5 Å². The summed E-state index contributed by atoms with van der Waals surface area (Å²) < 4.78 is 0. The Bertz CT molecular complexity index is 274. The molecule has 0 unspecified atom stereocenters. The highest BCUT2D eigenvalue weighted by Crippen LogP contribution is 2.37. The first-order chi connectivity index (χ1) is 5.68. The van der Waals surface area contributed by atoms with Gasteiger partial charge in [-0.05, 0) is 38.8 Å². The molecule has 0 atom stereocenters. The van der Waals surface area contributed by atoms with Crippen LogP contribution in [0.15, 0.2) is 12.1 Å². The van der Waals surface area contributed by atoms with Gasteiger partial charge in [0.1, 0.15) is 5.82 Å². The van der Waals surface area contributed by atoms with Gasteiger partial charge in [0.15, 0.2) is 0 Å². The summed E-state index contributed by atoms with van der Waals surface area (Å²) in [5.74, 6) is 0.889.